The van der Waals surface area contributed by atoms with Gasteiger partial charge >= 0.3 is 6.18 Å². The Kier molecular flexibility index (Phi) is 5.56. The quantitative estimate of drug-likeness (QED) is 0.759. The SMILES string of the molecule is COc1ccc(C(Cl)COCC(F)(F)F)c(Cl)c1. The zero-order valence-electron chi connectivity index (χ0n) is 9.43. The summed E-state index contributed by atoms with van der Waals surface area (Å²) in [4.78, 5) is 0. The van der Waals surface area contributed by atoms with Gasteiger partial charge in [-0.3, -0.25) is 0 Å². The van der Waals surface area contributed by atoms with E-state index >= 15 is 0 Å². The highest BCUT2D eigenvalue weighted by Crippen LogP contribution is 2.31. The predicted molar refractivity (Wildman–Crippen MR) is 63.5 cm³/mol. The Labute approximate surface area is 113 Å². The van der Waals surface area contributed by atoms with E-state index in [1.54, 1.807) is 12.1 Å². The molecule has 0 bridgehead atoms. The lowest BCUT2D eigenvalue weighted by Crippen LogP contribution is -2.18. The van der Waals surface area contributed by atoms with Crippen LogP contribution in [0.5, 0.6) is 5.75 Å². The first-order chi connectivity index (χ1) is 8.33. The summed E-state index contributed by atoms with van der Waals surface area (Å²) in [5.41, 5.74) is 0.501. The molecular weight excluding hydrogens is 292 g/mol. The maximum absolute atomic E-state index is 11.9. The lowest BCUT2D eigenvalue weighted by atomic mass is 10.1. The molecule has 1 atom stereocenters. The third-order valence-electron chi connectivity index (χ3n) is 2.07. The van der Waals surface area contributed by atoms with Crippen molar-refractivity contribution in [2.45, 2.75) is 11.6 Å². The van der Waals surface area contributed by atoms with Gasteiger partial charge in [0.05, 0.1) is 19.1 Å². The predicted octanol–water partition coefficient (Wildman–Crippen LogP) is 4.21. The van der Waals surface area contributed by atoms with E-state index in [1.165, 1.54) is 13.2 Å². The molecule has 1 aromatic rings. The normalized spacial score (nSPS) is 13.4. The van der Waals surface area contributed by atoms with Gasteiger partial charge in [0, 0.05) is 5.02 Å². The Hall–Kier alpha value is -0.650. The van der Waals surface area contributed by atoms with Crippen molar-refractivity contribution in [3.8, 4) is 5.75 Å². The highest BCUT2D eigenvalue weighted by Gasteiger charge is 2.28. The van der Waals surface area contributed by atoms with Crippen LogP contribution in [0, 0.1) is 0 Å². The molecule has 0 aromatic heterocycles. The molecule has 0 aliphatic heterocycles. The van der Waals surface area contributed by atoms with E-state index in [9.17, 15) is 13.2 Å². The van der Waals surface area contributed by atoms with Crippen LogP contribution in [0.1, 0.15) is 10.9 Å². The summed E-state index contributed by atoms with van der Waals surface area (Å²) in [6.07, 6.45) is -4.36. The van der Waals surface area contributed by atoms with Gasteiger partial charge in [0.1, 0.15) is 12.4 Å². The van der Waals surface area contributed by atoms with Crippen LogP contribution in [0.25, 0.3) is 0 Å². The van der Waals surface area contributed by atoms with Crippen molar-refractivity contribution < 1.29 is 22.6 Å². The first kappa shape index (κ1) is 15.4. The minimum Gasteiger partial charge on any atom is -0.497 e. The Balaban J connectivity index is 2.59. The molecule has 1 unspecified atom stereocenters. The van der Waals surface area contributed by atoms with E-state index in [0.29, 0.717) is 16.3 Å². The van der Waals surface area contributed by atoms with E-state index in [1.807, 2.05) is 0 Å². The lowest BCUT2D eigenvalue weighted by molar-refractivity contribution is -0.173. The molecule has 0 spiro atoms. The molecule has 0 saturated heterocycles. The van der Waals surface area contributed by atoms with E-state index in [-0.39, 0.29) is 6.61 Å². The highest BCUT2D eigenvalue weighted by atomic mass is 35.5. The summed E-state index contributed by atoms with van der Waals surface area (Å²) in [6.45, 7) is -1.60. The fourth-order valence-corrected chi connectivity index (χ4v) is 1.89. The van der Waals surface area contributed by atoms with Crippen LogP contribution >= 0.6 is 23.2 Å². The van der Waals surface area contributed by atoms with Crippen LogP contribution in [0.3, 0.4) is 0 Å². The molecule has 18 heavy (non-hydrogen) atoms. The Morgan fingerprint density at radius 1 is 1.33 bits per heavy atom. The molecule has 0 saturated carbocycles. The average Bonchev–Trinajstić information content (AvgIpc) is 2.26. The van der Waals surface area contributed by atoms with E-state index in [0.717, 1.165) is 0 Å². The largest absolute Gasteiger partial charge is 0.497 e. The Morgan fingerprint density at radius 3 is 2.50 bits per heavy atom. The van der Waals surface area contributed by atoms with Gasteiger partial charge in [0.25, 0.3) is 0 Å². The molecule has 0 heterocycles. The van der Waals surface area contributed by atoms with Crippen molar-refractivity contribution in [3.05, 3.63) is 28.8 Å². The molecule has 7 heteroatoms. The van der Waals surface area contributed by atoms with Crippen LogP contribution in [0.4, 0.5) is 13.2 Å². The van der Waals surface area contributed by atoms with Crippen LogP contribution in [0.15, 0.2) is 18.2 Å². The van der Waals surface area contributed by atoms with Gasteiger partial charge in [0.2, 0.25) is 0 Å². The first-order valence-electron chi connectivity index (χ1n) is 4.95. The van der Waals surface area contributed by atoms with Gasteiger partial charge in [-0.25, -0.2) is 0 Å². The molecule has 102 valence electrons. The summed E-state index contributed by atoms with van der Waals surface area (Å²) < 4.78 is 45.1. The van der Waals surface area contributed by atoms with Crippen molar-refractivity contribution in [1.29, 1.82) is 0 Å². The van der Waals surface area contributed by atoms with Gasteiger partial charge in [0.15, 0.2) is 0 Å². The third kappa shape index (κ3) is 4.92. The van der Waals surface area contributed by atoms with Crippen molar-refractivity contribution in [1.82, 2.24) is 0 Å². The van der Waals surface area contributed by atoms with Crippen LogP contribution < -0.4 is 4.74 Å². The molecule has 0 amide bonds. The van der Waals surface area contributed by atoms with E-state index in [4.69, 9.17) is 27.9 Å². The molecule has 1 rings (SSSR count). The highest BCUT2D eigenvalue weighted by molar-refractivity contribution is 6.33. The third-order valence-corrected chi connectivity index (χ3v) is 2.76. The van der Waals surface area contributed by atoms with Gasteiger partial charge in [-0.15, -0.1) is 11.6 Å². The van der Waals surface area contributed by atoms with E-state index in [2.05, 4.69) is 4.74 Å². The fraction of sp³-hybridized carbons (Fsp3) is 0.455. The number of rotatable bonds is 5. The Morgan fingerprint density at radius 2 is 2.00 bits per heavy atom. The van der Waals surface area contributed by atoms with Gasteiger partial charge < -0.3 is 9.47 Å². The lowest BCUT2D eigenvalue weighted by Gasteiger charge is -2.14. The van der Waals surface area contributed by atoms with Gasteiger partial charge in [-0.1, -0.05) is 17.7 Å². The van der Waals surface area contributed by atoms with Crippen molar-refractivity contribution in [2.75, 3.05) is 20.3 Å². The average molecular weight is 303 g/mol. The summed E-state index contributed by atoms with van der Waals surface area (Å²) in [7, 11) is 1.48. The number of hydrogen-bond donors (Lipinski definition) is 0. The monoisotopic (exact) mass is 302 g/mol. The van der Waals surface area contributed by atoms with E-state index < -0.39 is 18.2 Å². The van der Waals surface area contributed by atoms with Crippen molar-refractivity contribution in [3.63, 3.8) is 0 Å². The number of benzene rings is 1. The summed E-state index contributed by atoms with van der Waals surface area (Å²) in [5.74, 6) is 0.545. The maximum atomic E-state index is 11.9. The molecule has 0 radical (unpaired) electrons. The van der Waals surface area contributed by atoms with Crippen LogP contribution in [-0.4, -0.2) is 26.5 Å². The second kappa shape index (κ2) is 6.50. The molecular formula is C11H11Cl2F3O2. The molecule has 0 aliphatic carbocycles. The van der Waals surface area contributed by atoms with Crippen LogP contribution in [0.2, 0.25) is 5.02 Å². The maximum Gasteiger partial charge on any atom is 0.411 e. The smallest absolute Gasteiger partial charge is 0.411 e. The molecule has 0 fully saturated rings. The van der Waals surface area contributed by atoms with Gasteiger partial charge in [-0.05, 0) is 17.7 Å². The second-order valence-electron chi connectivity index (χ2n) is 3.49. The summed E-state index contributed by atoms with van der Waals surface area (Å²) >= 11 is 11.8. The fourth-order valence-electron chi connectivity index (χ4n) is 1.26. The molecule has 1 aromatic carbocycles. The molecule has 0 aliphatic rings. The topological polar surface area (TPSA) is 18.5 Å². The number of hydrogen-bond acceptors (Lipinski definition) is 2. The summed E-state index contributed by atoms with van der Waals surface area (Å²) in [5, 5.41) is -0.421. The minimum absolute atomic E-state index is 0.271. The number of ether oxygens (including phenoxy) is 2. The first-order valence-corrected chi connectivity index (χ1v) is 5.77. The molecule has 2 nitrogen and oxygen atoms in total. The van der Waals surface area contributed by atoms with Crippen molar-refractivity contribution >= 4 is 23.2 Å². The van der Waals surface area contributed by atoms with Crippen LogP contribution in [-0.2, 0) is 4.74 Å². The number of methoxy groups -OCH3 is 1. The second-order valence-corrected chi connectivity index (χ2v) is 4.42. The zero-order chi connectivity index (χ0) is 13.8. The number of halogens is 5. The zero-order valence-corrected chi connectivity index (χ0v) is 10.9. The minimum atomic E-state index is -4.36. The van der Waals surface area contributed by atoms with Crippen molar-refractivity contribution in [2.24, 2.45) is 0 Å². The molecule has 0 N–H and O–H groups in total. The number of alkyl halides is 4. The summed E-state index contributed by atoms with van der Waals surface area (Å²) in [6, 6.07) is 4.76. The Bertz CT molecular complexity index is 396. The standard InChI is InChI=1S/C11H11Cl2F3O2/c1-17-7-2-3-8(9(12)4-7)10(13)5-18-6-11(14,15)16/h2-4,10H,5-6H2,1H3. The van der Waals surface area contributed by atoms with Gasteiger partial charge in [-0.2, -0.15) is 13.2 Å².